The van der Waals surface area contributed by atoms with Crippen LogP contribution in [0.4, 0.5) is 8.78 Å². The maximum Gasteiger partial charge on any atom is 0.345 e. The zero-order chi connectivity index (χ0) is 9.73. The summed E-state index contributed by atoms with van der Waals surface area (Å²) in [6.07, 6.45) is 5.99. The van der Waals surface area contributed by atoms with Gasteiger partial charge in [0.15, 0.2) is 0 Å². The quantitative estimate of drug-likeness (QED) is 0.698. The van der Waals surface area contributed by atoms with Crippen molar-refractivity contribution in [2.45, 2.75) is 50.7 Å². The summed E-state index contributed by atoms with van der Waals surface area (Å²) in [4.78, 5) is 0. The first-order valence-electron chi connectivity index (χ1n) is 4.81. The van der Waals surface area contributed by atoms with Gasteiger partial charge in [0.25, 0.3) is 0 Å². The van der Waals surface area contributed by atoms with Crippen LogP contribution in [0.1, 0.15) is 38.5 Å². The monoisotopic (exact) mass is 193 g/mol. The maximum absolute atomic E-state index is 11.8. The van der Waals surface area contributed by atoms with Gasteiger partial charge in [-0.25, -0.2) is 0 Å². The van der Waals surface area contributed by atoms with Crippen LogP contribution >= 0.6 is 0 Å². The number of alkyl halides is 2. The molecule has 4 heteroatoms. The zero-order valence-corrected chi connectivity index (χ0v) is 7.77. The lowest BCUT2D eigenvalue weighted by Crippen LogP contribution is -2.44. The Labute approximate surface area is 77.4 Å². The molecule has 0 heterocycles. The summed E-state index contributed by atoms with van der Waals surface area (Å²) in [6, 6.07) is 0. The van der Waals surface area contributed by atoms with Crippen LogP contribution in [0.15, 0.2) is 0 Å². The largest absolute Gasteiger partial charge is 0.345 e. The molecule has 0 atom stereocenters. The van der Waals surface area contributed by atoms with E-state index in [1.54, 1.807) is 0 Å². The van der Waals surface area contributed by atoms with E-state index in [0.29, 0.717) is 0 Å². The van der Waals surface area contributed by atoms with Gasteiger partial charge in [-0.3, -0.25) is 0 Å². The molecule has 1 aliphatic carbocycles. The minimum Gasteiger partial charge on any atom is -0.323 e. The molecule has 1 aliphatic rings. The van der Waals surface area contributed by atoms with Crippen molar-refractivity contribution >= 4 is 0 Å². The van der Waals surface area contributed by atoms with Gasteiger partial charge in [0.1, 0.15) is 0 Å². The first-order chi connectivity index (χ1) is 6.12. The van der Waals surface area contributed by atoms with Crippen molar-refractivity contribution in [3.8, 4) is 0 Å². The second-order valence-corrected chi connectivity index (χ2v) is 3.85. The molecule has 1 saturated carbocycles. The first kappa shape index (κ1) is 10.9. The Morgan fingerprint density at radius 3 is 2.15 bits per heavy atom. The van der Waals surface area contributed by atoms with E-state index in [0.717, 1.165) is 38.5 Å². The molecule has 0 aromatic carbocycles. The predicted molar refractivity (Wildman–Crippen MR) is 46.6 cm³/mol. The summed E-state index contributed by atoms with van der Waals surface area (Å²) >= 11 is 0. The van der Waals surface area contributed by atoms with Crippen LogP contribution in [-0.4, -0.2) is 18.8 Å². The van der Waals surface area contributed by atoms with Gasteiger partial charge in [-0.1, -0.05) is 25.7 Å². The number of nitrogens with two attached hydrogens (primary N) is 1. The van der Waals surface area contributed by atoms with Crippen LogP contribution in [0.3, 0.4) is 0 Å². The highest BCUT2D eigenvalue weighted by molar-refractivity contribution is 4.85. The fraction of sp³-hybridized carbons (Fsp3) is 1.00. The summed E-state index contributed by atoms with van der Waals surface area (Å²) < 4.78 is 27.8. The molecule has 0 saturated heterocycles. The van der Waals surface area contributed by atoms with Crippen LogP contribution < -0.4 is 5.73 Å². The van der Waals surface area contributed by atoms with Gasteiger partial charge in [-0.15, -0.1) is 0 Å². The molecule has 13 heavy (non-hydrogen) atoms. The van der Waals surface area contributed by atoms with E-state index < -0.39 is 12.2 Å². The third-order valence-corrected chi connectivity index (χ3v) is 2.60. The second-order valence-electron chi connectivity index (χ2n) is 3.85. The fourth-order valence-corrected chi connectivity index (χ4v) is 1.81. The van der Waals surface area contributed by atoms with Gasteiger partial charge in [0.05, 0.1) is 6.61 Å². The highest BCUT2D eigenvalue weighted by atomic mass is 19.3. The Morgan fingerprint density at radius 2 is 1.69 bits per heavy atom. The molecule has 0 aliphatic heterocycles. The van der Waals surface area contributed by atoms with E-state index >= 15 is 0 Å². The van der Waals surface area contributed by atoms with Crippen LogP contribution in [0.2, 0.25) is 0 Å². The average Bonchev–Trinajstić information content (AvgIpc) is 2.28. The van der Waals surface area contributed by atoms with Crippen molar-refractivity contribution in [3.05, 3.63) is 0 Å². The third-order valence-electron chi connectivity index (χ3n) is 2.60. The number of hydrogen-bond acceptors (Lipinski definition) is 2. The number of hydrogen-bond donors (Lipinski definition) is 1. The lowest BCUT2D eigenvalue weighted by Gasteiger charge is -2.27. The summed E-state index contributed by atoms with van der Waals surface area (Å²) in [5.41, 5.74) is 5.44. The van der Waals surface area contributed by atoms with Crippen molar-refractivity contribution < 1.29 is 13.5 Å². The fourth-order valence-electron chi connectivity index (χ4n) is 1.81. The zero-order valence-electron chi connectivity index (χ0n) is 7.77. The Balaban J connectivity index is 2.33. The van der Waals surface area contributed by atoms with Gasteiger partial charge >= 0.3 is 6.61 Å². The van der Waals surface area contributed by atoms with Gasteiger partial charge in [-0.05, 0) is 12.8 Å². The second kappa shape index (κ2) is 4.86. The van der Waals surface area contributed by atoms with Crippen LogP contribution in [0.5, 0.6) is 0 Å². The van der Waals surface area contributed by atoms with Crippen LogP contribution in [0, 0.1) is 0 Å². The van der Waals surface area contributed by atoms with Gasteiger partial charge in [-0.2, -0.15) is 8.78 Å². The van der Waals surface area contributed by atoms with Crippen molar-refractivity contribution in [2.24, 2.45) is 5.73 Å². The molecular formula is C9H17F2NO. The molecule has 0 spiro atoms. The lowest BCUT2D eigenvalue weighted by molar-refractivity contribution is -0.142. The van der Waals surface area contributed by atoms with Crippen molar-refractivity contribution in [2.75, 3.05) is 6.61 Å². The minimum atomic E-state index is -2.69. The summed E-state index contributed by atoms with van der Waals surface area (Å²) in [7, 11) is 0. The van der Waals surface area contributed by atoms with E-state index in [-0.39, 0.29) is 6.61 Å². The number of rotatable bonds is 3. The first-order valence-corrected chi connectivity index (χ1v) is 4.81. The summed E-state index contributed by atoms with van der Waals surface area (Å²) in [6.45, 7) is -2.70. The topological polar surface area (TPSA) is 35.2 Å². The molecule has 78 valence electrons. The van der Waals surface area contributed by atoms with Crippen molar-refractivity contribution in [1.29, 1.82) is 0 Å². The van der Waals surface area contributed by atoms with E-state index in [9.17, 15) is 8.78 Å². The minimum absolute atomic E-state index is 0.00926. The van der Waals surface area contributed by atoms with E-state index in [1.807, 2.05) is 0 Å². The van der Waals surface area contributed by atoms with E-state index in [2.05, 4.69) is 4.74 Å². The molecule has 0 amide bonds. The summed E-state index contributed by atoms with van der Waals surface area (Å²) in [5.74, 6) is 0. The highest BCUT2D eigenvalue weighted by Crippen LogP contribution is 2.25. The molecule has 0 bridgehead atoms. The summed E-state index contributed by atoms with van der Waals surface area (Å²) in [5, 5.41) is 0. The molecule has 2 N–H and O–H groups in total. The lowest BCUT2D eigenvalue weighted by atomic mass is 9.93. The molecule has 1 fully saturated rings. The molecule has 2 nitrogen and oxygen atoms in total. The Hall–Kier alpha value is -0.220. The van der Waals surface area contributed by atoms with Gasteiger partial charge in [0, 0.05) is 5.54 Å². The number of halogens is 2. The molecule has 0 aromatic rings. The maximum atomic E-state index is 11.8. The normalized spacial score (nSPS) is 23.1. The van der Waals surface area contributed by atoms with Crippen LogP contribution in [0.25, 0.3) is 0 Å². The molecule has 0 aromatic heterocycles. The molecule has 0 unspecified atom stereocenters. The Bertz CT molecular complexity index is 145. The van der Waals surface area contributed by atoms with Crippen molar-refractivity contribution in [3.63, 3.8) is 0 Å². The standard InChI is InChI=1S/C9H17F2NO/c10-8(11)13-7-9(12)5-3-1-2-4-6-9/h8H,1-7,12H2. The predicted octanol–water partition coefficient (Wildman–Crippen LogP) is 2.28. The van der Waals surface area contributed by atoms with E-state index in [4.69, 9.17) is 5.73 Å². The average molecular weight is 193 g/mol. The van der Waals surface area contributed by atoms with Gasteiger partial charge < -0.3 is 10.5 Å². The Kier molecular flexibility index (Phi) is 4.06. The molecule has 1 rings (SSSR count). The third kappa shape index (κ3) is 4.00. The van der Waals surface area contributed by atoms with E-state index in [1.165, 1.54) is 0 Å². The molecule has 0 radical (unpaired) electrons. The smallest absolute Gasteiger partial charge is 0.323 e. The van der Waals surface area contributed by atoms with Crippen LogP contribution in [-0.2, 0) is 4.74 Å². The molecular weight excluding hydrogens is 176 g/mol. The SMILES string of the molecule is NC1(COC(F)F)CCCCCC1. The Morgan fingerprint density at radius 1 is 1.15 bits per heavy atom. The van der Waals surface area contributed by atoms with Crippen molar-refractivity contribution in [1.82, 2.24) is 0 Å². The van der Waals surface area contributed by atoms with Gasteiger partial charge in [0.2, 0.25) is 0 Å². The number of ether oxygens (including phenoxy) is 1. The highest BCUT2D eigenvalue weighted by Gasteiger charge is 2.27.